The van der Waals surface area contributed by atoms with Crippen LogP contribution in [0.1, 0.15) is 92.9 Å². The fourth-order valence-corrected chi connectivity index (χ4v) is 2.88. The van der Waals surface area contributed by atoms with Gasteiger partial charge in [-0.25, -0.2) is 0 Å². The van der Waals surface area contributed by atoms with Gasteiger partial charge in [0.25, 0.3) is 0 Å². The van der Waals surface area contributed by atoms with Crippen molar-refractivity contribution in [3.05, 3.63) is 0 Å². The standard InChI is InChI=1S/C18H38/c1-7-12-16(4)18(6)17(5)14-11-9-10-13-15(3)8-2/h15-18H,7-14H2,1-6H3. The molecular formula is C18H38. The molecule has 0 aliphatic rings. The molecule has 0 heteroatoms. The minimum Gasteiger partial charge on any atom is -0.0654 e. The SMILES string of the molecule is CCCC(C)C(C)C(C)CCCCCC(C)CC. The van der Waals surface area contributed by atoms with Crippen LogP contribution in [0.3, 0.4) is 0 Å². The zero-order valence-electron chi connectivity index (χ0n) is 14.0. The van der Waals surface area contributed by atoms with E-state index in [0.717, 1.165) is 23.7 Å². The summed E-state index contributed by atoms with van der Waals surface area (Å²) in [5.41, 5.74) is 0. The smallest absolute Gasteiger partial charge is 0.0391 e. The molecule has 0 fully saturated rings. The van der Waals surface area contributed by atoms with Crippen molar-refractivity contribution in [3.63, 3.8) is 0 Å². The summed E-state index contributed by atoms with van der Waals surface area (Å²) in [5.74, 6) is 3.66. The third kappa shape index (κ3) is 8.16. The summed E-state index contributed by atoms with van der Waals surface area (Å²) in [4.78, 5) is 0. The first kappa shape index (κ1) is 18.0. The Kier molecular flexibility index (Phi) is 10.9. The molecule has 0 N–H and O–H groups in total. The third-order valence-corrected chi connectivity index (χ3v) is 5.09. The van der Waals surface area contributed by atoms with Gasteiger partial charge in [0.15, 0.2) is 0 Å². The van der Waals surface area contributed by atoms with E-state index in [2.05, 4.69) is 41.5 Å². The predicted octanol–water partition coefficient (Wildman–Crippen LogP) is 6.69. The normalized spacial score (nSPS) is 18.3. The molecule has 0 amide bonds. The molecule has 4 unspecified atom stereocenters. The van der Waals surface area contributed by atoms with Gasteiger partial charge in [0.05, 0.1) is 0 Å². The van der Waals surface area contributed by atoms with E-state index in [1.54, 1.807) is 0 Å². The Hall–Kier alpha value is 0. The fourth-order valence-electron chi connectivity index (χ4n) is 2.88. The lowest BCUT2D eigenvalue weighted by molar-refractivity contribution is 0.247. The molecule has 18 heavy (non-hydrogen) atoms. The summed E-state index contributed by atoms with van der Waals surface area (Å²) in [6.45, 7) is 14.4. The molecule has 0 bridgehead atoms. The number of hydrogen-bond donors (Lipinski definition) is 0. The van der Waals surface area contributed by atoms with Gasteiger partial charge in [-0.2, -0.15) is 0 Å². The first-order chi connectivity index (χ1) is 8.52. The van der Waals surface area contributed by atoms with Gasteiger partial charge in [-0.15, -0.1) is 0 Å². The molecule has 0 rings (SSSR count). The van der Waals surface area contributed by atoms with Crippen LogP contribution < -0.4 is 0 Å². The van der Waals surface area contributed by atoms with Gasteiger partial charge in [0.1, 0.15) is 0 Å². The Morgan fingerprint density at radius 2 is 1.22 bits per heavy atom. The quantitative estimate of drug-likeness (QED) is 0.360. The average molecular weight is 255 g/mol. The molecule has 0 saturated heterocycles. The van der Waals surface area contributed by atoms with Crippen LogP contribution in [0, 0.1) is 23.7 Å². The topological polar surface area (TPSA) is 0 Å². The van der Waals surface area contributed by atoms with Gasteiger partial charge < -0.3 is 0 Å². The molecular weight excluding hydrogens is 216 g/mol. The number of unbranched alkanes of at least 4 members (excludes halogenated alkanes) is 2. The van der Waals surface area contributed by atoms with E-state index < -0.39 is 0 Å². The lowest BCUT2D eigenvalue weighted by Crippen LogP contribution is -2.16. The predicted molar refractivity (Wildman–Crippen MR) is 84.9 cm³/mol. The van der Waals surface area contributed by atoms with Crippen LogP contribution in [0.15, 0.2) is 0 Å². The van der Waals surface area contributed by atoms with E-state index in [-0.39, 0.29) is 0 Å². The van der Waals surface area contributed by atoms with Crippen LogP contribution in [0.25, 0.3) is 0 Å². The van der Waals surface area contributed by atoms with E-state index in [1.165, 1.54) is 51.4 Å². The van der Waals surface area contributed by atoms with E-state index in [4.69, 9.17) is 0 Å². The molecule has 0 spiro atoms. The van der Waals surface area contributed by atoms with Crippen molar-refractivity contribution < 1.29 is 0 Å². The first-order valence-corrected chi connectivity index (χ1v) is 8.52. The lowest BCUT2D eigenvalue weighted by atomic mass is 9.80. The molecule has 0 aromatic heterocycles. The van der Waals surface area contributed by atoms with Crippen molar-refractivity contribution in [2.75, 3.05) is 0 Å². The summed E-state index contributed by atoms with van der Waals surface area (Å²) < 4.78 is 0. The molecule has 4 atom stereocenters. The van der Waals surface area contributed by atoms with Crippen molar-refractivity contribution >= 4 is 0 Å². The molecule has 0 aromatic rings. The molecule has 0 saturated carbocycles. The summed E-state index contributed by atoms with van der Waals surface area (Å²) >= 11 is 0. The highest BCUT2D eigenvalue weighted by molar-refractivity contribution is 4.68. The van der Waals surface area contributed by atoms with E-state index in [1.807, 2.05) is 0 Å². The summed E-state index contributed by atoms with van der Waals surface area (Å²) in [7, 11) is 0. The summed E-state index contributed by atoms with van der Waals surface area (Å²) in [5, 5.41) is 0. The second kappa shape index (κ2) is 10.9. The van der Waals surface area contributed by atoms with Gasteiger partial charge >= 0.3 is 0 Å². The Bertz CT molecular complexity index is 173. The molecule has 0 radical (unpaired) electrons. The van der Waals surface area contributed by atoms with Crippen LogP contribution in [0.2, 0.25) is 0 Å². The third-order valence-electron chi connectivity index (χ3n) is 5.09. The minimum atomic E-state index is 0.902. The monoisotopic (exact) mass is 254 g/mol. The minimum absolute atomic E-state index is 0.902. The molecule has 0 heterocycles. The highest BCUT2D eigenvalue weighted by atomic mass is 14.2. The van der Waals surface area contributed by atoms with E-state index >= 15 is 0 Å². The van der Waals surface area contributed by atoms with Crippen LogP contribution in [0.4, 0.5) is 0 Å². The van der Waals surface area contributed by atoms with Crippen molar-refractivity contribution in [2.24, 2.45) is 23.7 Å². The van der Waals surface area contributed by atoms with Crippen molar-refractivity contribution in [2.45, 2.75) is 92.9 Å². The Morgan fingerprint density at radius 3 is 1.78 bits per heavy atom. The second-order valence-corrected chi connectivity index (χ2v) is 6.75. The largest absolute Gasteiger partial charge is 0.0654 e. The van der Waals surface area contributed by atoms with Crippen molar-refractivity contribution in [1.82, 2.24) is 0 Å². The summed E-state index contributed by atoms with van der Waals surface area (Å²) in [6, 6.07) is 0. The van der Waals surface area contributed by atoms with Crippen molar-refractivity contribution in [1.29, 1.82) is 0 Å². The molecule has 0 nitrogen and oxygen atoms in total. The van der Waals surface area contributed by atoms with Gasteiger partial charge in [-0.3, -0.25) is 0 Å². The molecule has 110 valence electrons. The number of hydrogen-bond acceptors (Lipinski definition) is 0. The zero-order valence-corrected chi connectivity index (χ0v) is 14.0. The van der Waals surface area contributed by atoms with Gasteiger partial charge in [-0.1, -0.05) is 92.9 Å². The van der Waals surface area contributed by atoms with Crippen LogP contribution in [-0.2, 0) is 0 Å². The van der Waals surface area contributed by atoms with Gasteiger partial charge in [-0.05, 0) is 23.7 Å². The number of rotatable bonds is 11. The summed E-state index contributed by atoms with van der Waals surface area (Å²) in [6.07, 6.45) is 11.3. The zero-order chi connectivity index (χ0) is 14.0. The highest BCUT2D eigenvalue weighted by Gasteiger charge is 2.17. The molecule has 0 aromatic carbocycles. The Morgan fingerprint density at radius 1 is 0.667 bits per heavy atom. The molecule has 0 aliphatic heterocycles. The van der Waals surface area contributed by atoms with Gasteiger partial charge in [0.2, 0.25) is 0 Å². The van der Waals surface area contributed by atoms with Crippen LogP contribution in [0.5, 0.6) is 0 Å². The maximum Gasteiger partial charge on any atom is -0.0391 e. The maximum atomic E-state index is 2.46. The first-order valence-electron chi connectivity index (χ1n) is 8.52. The van der Waals surface area contributed by atoms with E-state index in [0.29, 0.717) is 0 Å². The highest BCUT2D eigenvalue weighted by Crippen LogP contribution is 2.28. The van der Waals surface area contributed by atoms with Crippen LogP contribution in [-0.4, -0.2) is 0 Å². The Labute approximate surface area is 117 Å². The Balaban J connectivity index is 3.60. The van der Waals surface area contributed by atoms with Gasteiger partial charge in [0, 0.05) is 0 Å². The fraction of sp³-hybridized carbons (Fsp3) is 1.00. The van der Waals surface area contributed by atoms with E-state index in [9.17, 15) is 0 Å². The van der Waals surface area contributed by atoms with Crippen LogP contribution >= 0.6 is 0 Å². The lowest BCUT2D eigenvalue weighted by Gasteiger charge is -2.26. The molecule has 0 aliphatic carbocycles. The maximum absolute atomic E-state index is 2.46. The van der Waals surface area contributed by atoms with Crippen molar-refractivity contribution in [3.8, 4) is 0 Å². The second-order valence-electron chi connectivity index (χ2n) is 6.75. The average Bonchev–Trinajstić information content (AvgIpc) is 2.37.